The first-order valence-corrected chi connectivity index (χ1v) is 17.9. The molecule has 1 fully saturated rings. The molecule has 0 bridgehead atoms. The first-order valence-electron chi connectivity index (χ1n) is 17.9. The molecular formula is C40H44N8O5. The smallest absolute Gasteiger partial charge is 0.407 e. The number of alkyl carbamates (subject to hydrolysis) is 1. The molecule has 1 aliphatic carbocycles. The third-order valence-electron chi connectivity index (χ3n) is 9.16. The van der Waals surface area contributed by atoms with Crippen LogP contribution in [0.4, 0.5) is 10.5 Å². The lowest BCUT2D eigenvalue weighted by Gasteiger charge is -2.29. The van der Waals surface area contributed by atoms with E-state index in [0.717, 1.165) is 47.9 Å². The second-order valence-electron chi connectivity index (χ2n) is 14.3. The normalized spacial score (nSPS) is 17.4. The molecule has 2 N–H and O–H groups in total. The molecule has 1 aliphatic heterocycles. The molecule has 1 saturated carbocycles. The number of amides is 2. The minimum Gasteiger partial charge on any atom is -0.444 e. The molecule has 0 spiro atoms. The Morgan fingerprint density at radius 2 is 1.58 bits per heavy atom. The number of benzene rings is 2. The number of aromatic nitrogens is 3. The van der Waals surface area contributed by atoms with Gasteiger partial charge in [0.2, 0.25) is 5.91 Å². The van der Waals surface area contributed by atoms with Crippen LogP contribution < -0.4 is 15.4 Å². The van der Waals surface area contributed by atoms with Gasteiger partial charge in [0.15, 0.2) is 12.5 Å². The quantitative estimate of drug-likeness (QED) is 0.143. The first-order chi connectivity index (χ1) is 25.6. The van der Waals surface area contributed by atoms with Crippen molar-refractivity contribution in [2.24, 2.45) is 33.0 Å². The summed E-state index contributed by atoms with van der Waals surface area (Å²) in [5.41, 5.74) is 3.52. The number of anilines is 1. The number of carbonyl (C=O) groups is 3. The van der Waals surface area contributed by atoms with Crippen molar-refractivity contribution >= 4 is 29.3 Å². The predicted molar refractivity (Wildman–Crippen MR) is 200 cm³/mol. The highest BCUT2D eigenvalue weighted by Gasteiger charge is 2.31. The standard InChI is InChI=1S/C40H44N8O5/c1-40(2,3)53-39(51)44-21-27-8-12-29(13-9-27)35(49)20-31(37(50)47-33-16-14-30(15-17-33)36-45-25-46-48-36)19-26-6-10-28(11-7-26)32-22-42-38(43-23-32)52-34-5-4-18-41-24-34/h4-7,10-11,14-18,22-24,27,29,31H,8-9,12-13,19-21,25H2,1-3H3,(H,44,51)(H,47,50)/t27?,29?,31-/m1/s1. The van der Waals surface area contributed by atoms with Crippen LogP contribution in [0.3, 0.4) is 0 Å². The highest BCUT2D eigenvalue weighted by Crippen LogP contribution is 2.32. The lowest BCUT2D eigenvalue weighted by atomic mass is 9.77. The van der Waals surface area contributed by atoms with Crippen LogP contribution in [-0.4, -0.2) is 57.4 Å². The van der Waals surface area contributed by atoms with Crippen LogP contribution in [0.15, 0.2) is 101 Å². The summed E-state index contributed by atoms with van der Waals surface area (Å²) in [6, 6.07) is 18.9. The Morgan fingerprint density at radius 3 is 2.23 bits per heavy atom. The highest BCUT2D eigenvalue weighted by molar-refractivity contribution is 6.01. The van der Waals surface area contributed by atoms with Crippen LogP contribution in [-0.2, 0) is 20.7 Å². The van der Waals surface area contributed by atoms with Gasteiger partial charge in [0.05, 0.1) is 6.20 Å². The van der Waals surface area contributed by atoms with Crippen molar-refractivity contribution < 1.29 is 23.9 Å². The third kappa shape index (κ3) is 10.8. The number of amidine groups is 1. The van der Waals surface area contributed by atoms with E-state index in [1.54, 1.807) is 49.1 Å². The SMILES string of the molecule is CC(C)(C)OC(=O)NCC1CCC(C(=O)C[C@@H](Cc2ccc(-c3cnc(Oc4cccnc4)nc3)cc2)C(=O)Nc2ccc(C3=NCN=N3)cc2)CC1. The van der Waals surface area contributed by atoms with Crippen molar-refractivity contribution in [3.63, 3.8) is 0 Å². The van der Waals surface area contributed by atoms with Gasteiger partial charge in [-0.25, -0.2) is 19.8 Å². The molecule has 3 heterocycles. The molecule has 2 aromatic carbocycles. The summed E-state index contributed by atoms with van der Waals surface area (Å²) in [4.78, 5) is 56.6. The number of pyridine rings is 1. The fraction of sp³-hybridized carbons (Fsp3) is 0.375. The van der Waals surface area contributed by atoms with Crippen molar-refractivity contribution in [2.75, 3.05) is 18.5 Å². The minimum absolute atomic E-state index is 0.0889. The molecule has 53 heavy (non-hydrogen) atoms. The van der Waals surface area contributed by atoms with Crippen LogP contribution >= 0.6 is 0 Å². The molecule has 274 valence electrons. The van der Waals surface area contributed by atoms with Crippen molar-refractivity contribution in [1.82, 2.24) is 20.3 Å². The van der Waals surface area contributed by atoms with Crippen molar-refractivity contribution in [3.8, 4) is 22.9 Å². The van der Waals surface area contributed by atoms with Gasteiger partial charge in [-0.2, -0.15) is 5.11 Å². The van der Waals surface area contributed by atoms with E-state index in [1.807, 2.05) is 57.2 Å². The Bertz CT molecular complexity index is 1920. The van der Waals surface area contributed by atoms with Crippen LogP contribution in [0, 0.1) is 17.8 Å². The maximum Gasteiger partial charge on any atom is 0.407 e. The van der Waals surface area contributed by atoms with Crippen molar-refractivity contribution in [2.45, 2.75) is 64.9 Å². The molecule has 0 saturated heterocycles. The number of azo groups is 1. The largest absolute Gasteiger partial charge is 0.444 e. The average molecular weight is 717 g/mol. The zero-order valence-corrected chi connectivity index (χ0v) is 30.2. The molecular weight excluding hydrogens is 672 g/mol. The van der Waals surface area contributed by atoms with Gasteiger partial charge in [-0.1, -0.05) is 24.3 Å². The fourth-order valence-electron chi connectivity index (χ4n) is 6.37. The Hall–Kier alpha value is -5.85. The predicted octanol–water partition coefficient (Wildman–Crippen LogP) is 7.59. The molecule has 0 radical (unpaired) electrons. The van der Waals surface area contributed by atoms with Crippen LogP contribution in [0.5, 0.6) is 11.8 Å². The Morgan fingerprint density at radius 1 is 0.868 bits per heavy atom. The maximum atomic E-state index is 13.8. The van der Waals surface area contributed by atoms with Gasteiger partial charge in [0.25, 0.3) is 0 Å². The lowest BCUT2D eigenvalue weighted by molar-refractivity contribution is -0.129. The van der Waals surface area contributed by atoms with Crippen LogP contribution in [0.2, 0.25) is 0 Å². The summed E-state index contributed by atoms with van der Waals surface area (Å²) >= 11 is 0. The highest BCUT2D eigenvalue weighted by atomic mass is 16.6. The number of rotatable bonds is 13. The monoisotopic (exact) mass is 716 g/mol. The van der Waals surface area contributed by atoms with Gasteiger partial charge >= 0.3 is 12.1 Å². The second-order valence-corrected chi connectivity index (χ2v) is 14.3. The number of ketones is 1. The number of aliphatic imine (C=N–C) groups is 1. The van der Waals surface area contributed by atoms with Gasteiger partial charge in [-0.15, -0.1) is 5.11 Å². The van der Waals surface area contributed by atoms with Gasteiger partial charge in [0, 0.05) is 60.2 Å². The first kappa shape index (κ1) is 36.9. The topological polar surface area (TPSA) is 169 Å². The van der Waals surface area contributed by atoms with Gasteiger partial charge in [-0.05, 0) is 106 Å². The molecule has 2 aliphatic rings. The lowest BCUT2D eigenvalue weighted by Crippen LogP contribution is -2.37. The van der Waals surface area contributed by atoms with Crippen LogP contribution in [0.25, 0.3) is 11.1 Å². The number of Topliss-reactive ketones (excluding diaryl/α,β-unsaturated/α-hetero) is 1. The number of nitrogens with one attached hydrogen (secondary N) is 2. The zero-order valence-electron chi connectivity index (χ0n) is 30.2. The molecule has 0 unspecified atom stereocenters. The minimum atomic E-state index is -0.583. The van der Waals surface area contributed by atoms with E-state index in [-0.39, 0.29) is 36.0 Å². The number of hydrogen-bond donors (Lipinski definition) is 2. The third-order valence-corrected chi connectivity index (χ3v) is 9.16. The number of ether oxygens (including phenoxy) is 2. The van der Waals surface area contributed by atoms with Crippen molar-refractivity contribution in [1.29, 1.82) is 0 Å². The van der Waals surface area contributed by atoms with E-state index in [9.17, 15) is 14.4 Å². The molecule has 6 rings (SSSR count). The fourth-order valence-corrected chi connectivity index (χ4v) is 6.37. The average Bonchev–Trinajstić information content (AvgIpc) is 3.70. The van der Waals surface area contributed by atoms with E-state index in [0.29, 0.717) is 36.9 Å². The summed E-state index contributed by atoms with van der Waals surface area (Å²) in [6.07, 6.45) is 9.81. The molecule has 2 aromatic heterocycles. The summed E-state index contributed by atoms with van der Waals surface area (Å²) in [5.74, 6) is 0.540. The molecule has 13 nitrogen and oxygen atoms in total. The van der Waals surface area contributed by atoms with Gasteiger partial charge < -0.3 is 20.1 Å². The molecule has 2 amide bonds. The number of hydrogen-bond acceptors (Lipinski definition) is 11. The molecule has 1 atom stereocenters. The van der Waals surface area contributed by atoms with E-state index in [2.05, 4.69) is 40.8 Å². The maximum absolute atomic E-state index is 13.8. The second kappa shape index (κ2) is 17.1. The van der Waals surface area contributed by atoms with E-state index in [4.69, 9.17) is 9.47 Å². The molecule has 13 heteroatoms. The van der Waals surface area contributed by atoms with Gasteiger partial charge in [-0.3, -0.25) is 14.6 Å². The van der Waals surface area contributed by atoms with Crippen molar-refractivity contribution in [3.05, 3.63) is 96.6 Å². The van der Waals surface area contributed by atoms with Crippen LogP contribution in [0.1, 0.15) is 64.0 Å². The Kier molecular flexibility index (Phi) is 11.9. The summed E-state index contributed by atoms with van der Waals surface area (Å²) < 4.78 is 11.0. The Balaban J connectivity index is 1.09. The van der Waals surface area contributed by atoms with E-state index < -0.39 is 17.6 Å². The van der Waals surface area contributed by atoms with E-state index in [1.165, 1.54) is 0 Å². The summed E-state index contributed by atoms with van der Waals surface area (Å²) in [6.45, 7) is 6.33. The zero-order chi connectivity index (χ0) is 37.2. The van der Waals surface area contributed by atoms with Gasteiger partial charge in [0.1, 0.15) is 17.1 Å². The molecule has 4 aromatic rings. The Labute approximate surface area is 308 Å². The number of nitrogens with zero attached hydrogens (tertiary/aromatic N) is 6. The summed E-state index contributed by atoms with van der Waals surface area (Å²) in [5, 5.41) is 13.8. The number of carbonyl (C=O) groups excluding carboxylic acids is 3. The summed E-state index contributed by atoms with van der Waals surface area (Å²) in [7, 11) is 0. The van der Waals surface area contributed by atoms with E-state index >= 15 is 0 Å².